The Morgan fingerprint density at radius 1 is 1.03 bits per heavy atom. The third kappa shape index (κ3) is 2.77. The van der Waals surface area contributed by atoms with Gasteiger partial charge in [-0.05, 0) is 47.9 Å². The molecule has 0 unspecified atom stereocenters. The van der Waals surface area contributed by atoms with Crippen LogP contribution >= 0.6 is 0 Å². The number of hydrogen-bond donors (Lipinski definition) is 2. The highest BCUT2D eigenvalue weighted by Crippen LogP contribution is 2.37. The Hall–Kier alpha value is -3.93. The second kappa shape index (κ2) is 6.31. The first kappa shape index (κ1) is 17.2. The molecule has 6 nitrogen and oxygen atoms in total. The summed E-state index contributed by atoms with van der Waals surface area (Å²) < 4.78 is 1.77. The van der Waals surface area contributed by atoms with Gasteiger partial charge < -0.3 is 10.7 Å². The molecule has 0 saturated carbocycles. The summed E-state index contributed by atoms with van der Waals surface area (Å²) >= 11 is 0. The van der Waals surface area contributed by atoms with E-state index in [1.165, 1.54) is 0 Å². The van der Waals surface area contributed by atoms with Gasteiger partial charge in [-0.15, -0.1) is 0 Å². The molecule has 5 rings (SSSR count). The topological polar surface area (TPSA) is 89.6 Å². The quantitative estimate of drug-likeness (QED) is 0.491. The van der Waals surface area contributed by atoms with Crippen LogP contribution in [0.4, 0.5) is 0 Å². The van der Waals surface area contributed by atoms with E-state index in [9.17, 15) is 4.79 Å². The van der Waals surface area contributed by atoms with Crippen molar-refractivity contribution < 1.29 is 4.79 Å². The molecule has 3 aromatic heterocycles. The maximum absolute atomic E-state index is 11.4. The molecule has 2 aromatic carbocycles. The summed E-state index contributed by atoms with van der Waals surface area (Å²) in [5.41, 5.74) is 13.1. The fourth-order valence-corrected chi connectivity index (χ4v) is 3.88. The van der Waals surface area contributed by atoms with Crippen LogP contribution < -0.4 is 5.73 Å². The van der Waals surface area contributed by atoms with Gasteiger partial charge in [0.15, 0.2) is 0 Å². The van der Waals surface area contributed by atoms with E-state index in [4.69, 9.17) is 5.73 Å². The number of carbonyl (C=O) groups is 1. The smallest absolute Gasteiger partial charge is 0.248 e. The fourth-order valence-electron chi connectivity index (χ4n) is 3.88. The van der Waals surface area contributed by atoms with Gasteiger partial charge in [0.2, 0.25) is 5.91 Å². The van der Waals surface area contributed by atoms with E-state index in [1.54, 1.807) is 16.8 Å². The molecular weight excluding hydrogens is 362 g/mol. The minimum Gasteiger partial charge on any atom is -0.366 e. The van der Waals surface area contributed by atoms with Crippen molar-refractivity contribution in [2.24, 2.45) is 12.8 Å². The van der Waals surface area contributed by atoms with E-state index < -0.39 is 5.91 Å². The molecule has 0 aliphatic heterocycles. The van der Waals surface area contributed by atoms with Crippen molar-refractivity contribution in [3.8, 4) is 22.4 Å². The van der Waals surface area contributed by atoms with E-state index in [2.05, 4.69) is 40.2 Å². The Morgan fingerprint density at radius 2 is 1.83 bits per heavy atom. The maximum atomic E-state index is 11.4. The maximum Gasteiger partial charge on any atom is 0.248 e. The van der Waals surface area contributed by atoms with E-state index in [0.29, 0.717) is 5.56 Å². The minimum atomic E-state index is -0.425. The van der Waals surface area contributed by atoms with Crippen molar-refractivity contribution in [2.75, 3.05) is 0 Å². The Labute approximate surface area is 167 Å². The predicted octanol–water partition coefficient (Wildman–Crippen LogP) is 4.19. The van der Waals surface area contributed by atoms with E-state index in [0.717, 1.165) is 49.8 Å². The standard InChI is InChI=1S/C23H19N5O/c1-13-3-8-18-22(21(13)14-4-6-15(7-5-14)23(24)29)17-9-19(25-11-20(17)27-18)16-10-26-28(2)12-16/h3-12,27H,1-2H3,(H2,24,29). The van der Waals surface area contributed by atoms with Crippen LogP contribution in [0, 0.1) is 6.92 Å². The van der Waals surface area contributed by atoms with Crippen LogP contribution in [-0.4, -0.2) is 25.7 Å². The van der Waals surface area contributed by atoms with Crippen molar-refractivity contribution in [3.63, 3.8) is 0 Å². The van der Waals surface area contributed by atoms with Gasteiger partial charge in [0, 0.05) is 40.7 Å². The highest BCUT2D eigenvalue weighted by atomic mass is 16.1. The Bertz CT molecular complexity index is 1390. The molecule has 0 spiro atoms. The third-order valence-electron chi connectivity index (χ3n) is 5.32. The summed E-state index contributed by atoms with van der Waals surface area (Å²) in [4.78, 5) is 19.5. The van der Waals surface area contributed by atoms with Crippen LogP contribution in [0.3, 0.4) is 0 Å². The van der Waals surface area contributed by atoms with Gasteiger partial charge in [-0.3, -0.25) is 14.5 Å². The summed E-state index contributed by atoms with van der Waals surface area (Å²) in [6.07, 6.45) is 5.64. The van der Waals surface area contributed by atoms with Crippen LogP contribution in [0.2, 0.25) is 0 Å². The SMILES string of the molecule is Cc1ccc2[nH]c3cnc(-c4cnn(C)c4)cc3c2c1-c1ccc(C(N)=O)cc1. The lowest BCUT2D eigenvalue weighted by Crippen LogP contribution is -2.10. The third-order valence-corrected chi connectivity index (χ3v) is 5.32. The molecule has 0 fully saturated rings. The van der Waals surface area contributed by atoms with Gasteiger partial charge in [0.25, 0.3) is 0 Å². The van der Waals surface area contributed by atoms with Crippen LogP contribution in [0.5, 0.6) is 0 Å². The molecular formula is C23H19N5O. The number of amides is 1. The van der Waals surface area contributed by atoms with Gasteiger partial charge >= 0.3 is 0 Å². The lowest BCUT2D eigenvalue weighted by atomic mass is 9.94. The zero-order chi connectivity index (χ0) is 20.1. The molecule has 1 amide bonds. The number of aromatic amines is 1. The number of nitrogens with one attached hydrogen (secondary N) is 1. The Kier molecular flexibility index (Phi) is 3.74. The zero-order valence-corrected chi connectivity index (χ0v) is 16.1. The molecule has 0 bridgehead atoms. The molecule has 3 N–H and O–H groups in total. The van der Waals surface area contributed by atoms with E-state index in [-0.39, 0.29) is 0 Å². The van der Waals surface area contributed by atoms with Gasteiger partial charge in [0.05, 0.1) is 23.6 Å². The average molecular weight is 381 g/mol. The molecule has 0 aliphatic rings. The first-order valence-electron chi connectivity index (χ1n) is 9.31. The molecule has 29 heavy (non-hydrogen) atoms. The van der Waals surface area contributed by atoms with Crippen molar-refractivity contribution in [3.05, 3.63) is 72.2 Å². The second-order valence-corrected chi connectivity index (χ2v) is 7.26. The van der Waals surface area contributed by atoms with Gasteiger partial charge in [0.1, 0.15) is 0 Å². The molecule has 142 valence electrons. The van der Waals surface area contributed by atoms with E-state index in [1.807, 2.05) is 37.8 Å². The first-order chi connectivity index (χ1) is 14.0. The Morgan fingerprint density at radius 3 is 2.52 bits per heavy atom. The molecule has 6 heteroatoms. The highest BCUT2D eigenvalue weighted by molar-refractivity contribution is 6.15. The van der Waals surface area contributed by atoms with Crippen molar-refractivity contribution in [1.82, 2.24) is 19.7 Å². The van der Waals surface area contributed by atoms with Gasteiger partial charge in [-0.1, -0.05) is 18.2 Å². The van der Waals surface area contributed by atoms with E-state index >= 15 is 0 Å². The van der Waals surface area contributed by atoms with Crippen LogP contribution in [0.15, 0.2) is 61.1 Å². The summed E-state index contributed by atoms with van der Waals surface area (Å²) in [7, 11) is 1.89. The summed E-state index contributed by atoms with van der Waals surface area (Å²) in [6.45, 7) is 2.10. The summed E-state index contributed by atoms with van der Waals surface area (Å²) in [6, 6.07) is 13.7. The summed E-state index contributed by atoms with van der Waals surface area (Å²) in [5, 5.41) is 6.50. The number of aryl methyl sites for hydroxylation is 2. The largest absolute Gasteiger partial charge is 0.366 e. The average Bonchev–Trinajstić information content (AvgIpc) is 3.31. The number of fused-ring (bicyclic) bond motifs is 3. The number of H-pyrrole nitrogens is 1. The molecule has 0 saturated heterocycles. The van der Waals surface area contributed by atoms with Crippen LogP contribution in [-0.2, 0) is 7.05 Å². The van der Waals surface area contributed by atoms with Gasteiger partial charge in [-0.2, -0.15) is 5.10 Å². The second-order valence-electron chi connectivity index (χ2n) is 7.26. The molecule has 0 aliphatic carbocycles. The van der Waals surface area contributed by atoms with Crippen molar-refractivity contribution in [1.29, 1.82) is 0 Å². The Balaban J connectivity index is 1.78. The normalized spacial score (nSPS) is 11.4. The number of rotatable bonds is 3. The minimum absolute atomic E-state index is 0.425. The molecule has 0 atom stereocenters. The number of benzene rings is 2. The number of nitrogens with two attached hydrogens (primary N) is 1. The fraction of sp³-hybridized carbons (Fsp3) is 0.0870. The number of primary amides is 1. The number of hydrogen-bond acceptors (Lipinski definition) is 3. The first-order valence-corrected chi connectivity index (χ1v) is 9.31. The molecule has 5 aromatic rings. The number of carbonyl (C=O) groups excluding carboxylic acids is 1. The molecule has 0 radical (unpaired) electrons. The van der Waals surface area contributed by atoms with Gasteiger partial charge in [-0.25, -0.2) is 0 Å². The number of aromatic nitrogens is 4. The van der Waals surface area contributed by atoms with Crippen LogP contribution in [0.1, 0.15) is 15.9 Å². The van der Waals surface area contributed by atoms with Crippen molar-refractivity contribution >= 4 is 27.7 Å². The lowest BCUT2D eigenvalue weighted by Gasteiger charge is -2.10. The van der Waals surface area contributed by atoms with Crippen molar-refractivity contribution in [2.45, 2.75) is 6.92 Å². The predicted molar refractivity (Wildman–Crippen MR) is 114 cm³/mol. The molecule has 3 heterocycles. The monoisotopic (exact) mass is 381 g/mol. The number of pyridine rings is 1. The lowest BCUT2D eigenvalue weighted by molar-refractivity contribution is 0.100. The zero-order valence-electron chi connectivity index (χ0n) is 16.1. The number of nitrogens with zero attached hydrogens (tertiary/aromatic N) is 3. The highest BCUT2D eigenvalue weighted by Gasteiger charge is 2.15. The van der Waals surface area contributed by atoms with Crippen LogP contribution in [0.25, 0.3) is 44.2 Å². The summed E-state index contributed by atoms with van der Waals surface area (Å²) in [5.74, 6) is -0.425.